The molecule has 3 N–H and O–H groups in total. The van der Waals surface area contributed by atoms with Crippen LogP contribution in [0.2, 0.25) is 0 Å². The summed E-state index contributed by atoms with van der Waals surface area (Å²) in [5, 5.41) is 27.1. The number of fused-ring (bicyclic) bond motifs is 5. The number of carbonyl (C=O) groups excluding carboxylic acids is 1. The monoisotopic (exact) mass is 506 g/mol. The first-order valence-corrected chi connectivity index (χ1v) is 13.4. The largest absolute Gasteiger partial charge is 0.478 e. The Morgan fingerprint density at radius 1 is 1.08 bits per heavy atom. The van der Waals surface area contributed by atoms with Gasteiger partial charge in [0.1, 0.15) is 5.71 Å². The Labute approximate surface area is 218 Å². The van der Waals surface area contributed by atoms with Crippen LogP contribution in [-0.2, 0) is 16.2 Å². The zero-order valence-corrected chi connectivity index (χ0v) is 22.0. The SMILES string of the molecule is C[C@]12C=CC(=NOCC(=O)NCc3ccc(C(=O)O)cc3)C=C1CC[C@H]1[C@@H]2CC[C@@]2(C)[C@H]1CC[C@]2(C)O. The van der Waals surface area contributed by atoms with Gasteiger partial charge >= 0.3 is 5.97 Å². The molecule has 5 rings (SSSR count). The Balaban J connectivity index is 1.17. The number of carboxylic acids is 1. The van der Waals surface area contributed by atoms with Crippen molar-refractivity contribution in [1.29, 1.82) is 0 Å². The molecule has 0 unspecified atom stereocenters. The van der Waals surface area contributed by atoms with E-state index in [2.05, 4.69) is 36.5 Å². The van der Waals surface area contributed by atoms with Gasteiger partial charge in [-0.25, -0.2) is 4.79 Å². The second-order valence-corrected chi connectivity index (χ2v) is 12.0. The molecule has 6 atom stereocenters. The molecule has 0 aromatic heterocycles. The molecule has 1 amide bonds. The van der Waals surface area contributed by atoms with Crippen LogP contribution in [0.5, 0.6) is 0 Å². The maximum atomic E-state index is 12.2. The van der Waals surface area contributed by atoms with Gasteiger partial charge in [0.05, 0.1) is 11.2 Å². The Kier molecular flexibility index (Phi) is 6.55. The van der Waals surface area contributed by atoms with Crippen LogP contribution in [-0.4, -0.2) is 40.0 Å². The number of benzene rings is 1. The summed E-state index contributed by atoms with van der Waals surface area (Å²) >= 11 is 0. The van der Waals surface area contributed by atoms with Crippen molar-refractivity contribution < 1.29 is 24.6 Å². The fraction of sp³-hybridized carbons (Fsp3) is 0.567. The summed E-state index contributed by atoms with van der Waals surface area (Å²) in [7, 11) is 0. The summed E-state index contributed by atoms with van der Waals surface area (Å²) in [6.45, 7) is 6.83. The maximum absolute atomic E-state index is 12.2. The third kappa shape index (κ3) is 4.52. The molecule has 0 bridgehead atoms. The van der Waals surface area contributed by atoms with E-state index in [0.29, 0.717) is 24.3 Å². The number of hydrogen-bond acceptors (Lipinski definition) is 5. The average Bonchev–Trinajstić information content (AvgIpc) is 3.11. The quantitative estimate of drug-likeness (QED) is 0.478. The van der Waals surface area contributed by atoms with Crippen molar-refractivity contribution in [2.45, 2.75) is 71.4 Å². The van der Waals surface area contributed by atoms with Crippen LogP contribution in [0.15, 0.2) is 53.2 Å². The summed E-state index contributed by atoms with van der Waals surface area (Å²) < 4.78 is 0. The van der Waals surface area contributed by atoms with Crippen molar-refractivity contribution >= 4 is 17.6 Å². The molecule has 4 aliphatic carbocycles. The predicted molar refractivity (Wildman–Crippen MR) is 141 cm³/mol. The van der Waals surface area contributed by atoms with E-state index in [1.54, 1.807) is 12.1 Å². The normalized spacial score (nSPS) is 37.2. The standard InChI is InChI=1S/C30H38N2O5/c1-28-13-10-22(32-37-18-26(33)31-17-19-4-6-20(7-5-19)27(34)35)16-21(28)8-9-23-24(28)11-14-29(2)25(23)12-15-30(29,3)36/h4-7,10,13,16,23-25,36H,8-9,11-12,14-15,17-18H2,1-3H3,(H,31,33)(H,34,35)/t23-,24-,25-,28-,29-,30-/m0/s1. The molecule has 37 heavy (non-hydrogen) atoms. The number of oxime groups is 1. The third-order valence-electron chi connectivity index (χ3n) is 10.2. The van der Waals surface area contributed by atoms with Crippen LogP contribution in [0.25, 0.3) is 0 Å². The minimum atomic E-state index is -0.979. The average molecular weight is 507 g/mol. The smallest absolute Gasteiger partial charge is 0.335 e. The third-order valence-corrected chi connectivity index (χ3v) is 10.2. The second kappa shape index (κ2) is 9.43. The lowest BCUT2D eigenvalue weighted by Gasteiger charge is -2.58. The van der Waals surface area contributed by atoms with Crippen LogP contribution in [0, 0.1) is 28.6 Å². The van der Waals surface area contributed by atoms with Gasteiger partial charge in [-0.05, 0) is 98.5 Å². The van der Waals surface area contributed by atoms with E-state index in [4.69, 9.17) is 9.94 Å². The van der Waals surface area contributed by atoms with E-state index < -0.39 is 11.6 Å². The highest BCUT2D eigenvalue weighted by Crippen LogP contribution is 2.66. The first-order valence-electron chi connectivity index (χ1n) is 13.4. The van der Waals surface area contributed by atoms with Crippen LogP contribution >= 0.6 is 0 Å². The van der Waals surface area contributed by atoms with Gasteiger partial charge in [0.2, 0.25) is 0 Å². The van der Waals surface area contributed by atoms with Crippen molar-refractivity contribution in [1.82, 2.24) is 5.32 Å². The Bertz CT molecular complexity index is 1170. The molecule has 0 saturated heterocycles. The molecule has 0 radical (unpaired) electrons. The van der Waals surface area contributed by atoms with E-state index in [-0.39, 0.29) is 28.9 Å². The van der Waals surface area contributed by atoms with Crippen LogP contribution < -0.4 is 5.32 Å². The fourth-order valence-electron chi connectivity index (χ4n) is 7.69. The first-order chi connectivity index (χ1) is 17.5. The molecule has 1 aromatic carbocycles. The lowest BCUT2D eigenvalue weighted by Crippen LogP contribution is -2.53. The molecular formula is C30H38N2O5. The fourth-order valence-corrected chi connectivity index (χ4v) is 7.69. The minimum Gasteiger partial charge on any atom is -0.478 e. The van der Waals surface area contributed by atoms with E-state index in [1.807, 2.05) is 13.0 Å². The Morgan fingerprint density at radius 3 is 2.54 bits per heavy atom. The van der Waals surface area contributed by atoms with Crippen molar-refractivity contribution in [2.24, 2.45) is 33.7 Å². The van der Waals surface area contributed by atoms with Crippen molar-refractivity contribution in [2.75, 3.05) is 6.61 Å². The van der Waals surface area contributed by atoms with Gasteiger partial charge in [-0.2, -0.15) is 0 Å². The van der Waals surface area contributed by atoms with Gasteiger partial charge in [-0.1, -0.05) is 42.8 Å². The number of nitrogens with zero attached hydrogens (tertiary/aromatic N) is 1. The number of hydrogen-bond donors (Lipinski definition) is 3. The highest BCUT2D eigenvalue weighted by molar-refractivity contribution is 6.05. The number of aromatic carboxylic acids is 1. The van der Waals surface area contributed by atoms with Gasteiger partial charge in [0.25, 0.3) is 5.91 Å². The lowest BCUT2D eigenvalue weighted by molar-refractivity contribution is -0.125. The lowest BCUT2D eigenvalue weighted by atomic mass is 9.47. The van der Waals surface area contributed by atoms with E-state index in [1.165, 1.54) is 17.7 Å². The molecule has 198 valence electrons. The number of nitrogens with one attached hydrogen (secondary N) is 1. The highest BCUT2D eigenvalue weighted by atomic mass is 16.6. The van der Waals surface area contributed by atoms with Gasteiger partial charge in [0, 0.05) is 12.0 Å². The molecule has 3 saturated carbocycles. The Hall–Kier alpha value is -2.93. The van der Waals surface area contributed by atoms with E-state index in [9.17, 15) is 14.7 Å². The molecule has 0 spiro atoms. The molecule has 3 fully saturated rings. The minimum absolute atomic E-state index is 0.00523. The van der Waals surface area contributed by atoms with E-state index in [0.717, 1.165) is 49.8 Å². The van der Waals surface area contributed by atoms with Crippen molar-refractivity contribution in [3.8, 4) is 0 Å². The van der Waals surface area contributed by atoms with Crippen LogP contribution in [0.1, 0.15) is 75.2 Å². The highest BCUT2D eigenvalue weighted by Gasteiger charge is 2.61. The molecule has 7 heteroatoms. The zero-order valence-electron chi connectivity index (χ0n) is 22.0. The second-order valence-electron chi connectivity index (χ2n) is 12.0. The number of aliphatic hydroxyl groups is 1. The number of rotatable bonds is 6. The summed E-state index contributed by atoms with van der Waals surface area (Å²) in [5.74, 6) is 0.530. The predicted octanol–water partition coefficient (Wildman–Crippen LogP) is 4.86. The molecule has 1 aromatic rings. The number of amides is 1. The molecule has 7 nitrogen and oxygen atoms in total. The zero-order chi connectivity index (χ0) is 26.4. The topological polar surface area (TPSA) is 108 Å². The number of allylic oxidation sites excluding steroid dienone is 4. The van der Waals surface area contributed by atoms with Crippen LogP contribution in [0.4, 0.5) is 0 Å². The molecule has 0 heterocycles. The summed E-state index contributed by atoms with van der Waals surface area (Å²) in [4.78, 5) is 28.5. The van der Waals surface area contributed by atoms with Crippen molar-refractivity contribution in [3.05, 3.63) is 59.2 Å². The summed E-state index contributed by atoms with van der Waals surface area (Å²) in [5.41, 5.74) is 2.61. The van der Waals surface area contributed by atoms with Gasteiger partial charge in [-0.15, -0.1) is 0 Å². The van der Waals surface area contributed by atoms with Crippen LogP contribution in [0.3, 0.4) is 0 Å². The van der Waals surface area contributed by atoms with Crippen molar-refractivity contribution in [3.63, 3.8) is 0 Å². The maximum Gasteiger partial charge on any atom is 0.335 e. The summed E-state index contributed by atoms with van der Waals surface area (Å²) in [6, 6.07) is 6.38. The Morgan fingerprint density at radius 2 is 1.81 bits per heavy atom. The molecule has 0 aliphatic heterocycles. The van der Waals surface area contributed by atoms with Gasteiger partial charge in [0.15, 0.2) is 6.61 Å². The molecule has 4 aliphatic rings. The summed E-state index contributed by atoms with van der Waals surface area (Å²) in [6.07, 6.45) is 12.9. The molecular weight excluding hydrogens is 468 g/mol. The van der Waals surface area contributed by atoms with Gasteiger partial charge < -0.3 is 20.4 Å². The first kappa shape index (κ1) is 25.7. The number of carboxylic acid groups (broad SMARTS) is 1. The van der Waals surface area contributed by atoms with Gasteiger partial charge in [-0.3, -0.25) is 4.79 Å². The number of carbonyl (C=O) groups is 2. The van der Waals surface area contributed by atoms with E-state index >= 15 is 0 Å².